The largest absolute Gasteiger partial charge is 0.445 e. The van der Waals surface area contributed by atoms with Crippen LogP contribution in [0.15, 0.2) is 30.3 Å². The van der Waals surface area contributed by atoms with Crippen molar-refractivity contribution in [3.63, 3.8) is 0 Å². The first-order valence-corrected chi connectivity index (χ1v) is 9.39. The van der Waals surface area contributed by atoms with Crippen LogP contribution >= 0.6 is 0 Å². The number of hydrogen-bond acceptors (Lipinski definition) is 5. The van der Waals surface area contributed by atoms with Crippen LogP contribution in [0.3, 0.4) is 0 Å². The van der Waals surface area contributed by atoms with Gasteiger partial charge in [-0.25, -0.2) is 9.59 Å². The molecule has 1 aromatic rings. The molecule has 1 aromatic carbocycles. The molecule has 0 aliphatic carbocycles. The fourth-order valence-electron chi connectivity index (χ4n) is 3.87. The van der Waals surface area contributed by atoms with Crippen molar-refractivity contribution < 1.29 is 24.2 Å². The van der Waals surface area contributed by atoms with Gasteiger partial charge < -0.3 is 14.6 Å². The highest BCUT2D eigenvalue weighted by molar-refractivity contribution is 5.72. The molecule has 7 heteroatoms. The van der Waals surface area contributed by atoms with Crippen LogP contribution in [0.25, 0.3) is 0 Å². The standard InChI is InChI=1S/C20H28N2O5/c1-20(2,3)27-18(24)21-11-15-9-10-16(17(21)12-23)22(15)19(25)26-13-14-7-5-4-6-8-14/h4-8,15-17,23H,9-13H2,1-3H3/t15-,16+,17+/m0/s1. The minimum absolute atomic E-state index is 0.117. The number of benzene rings is 1. The average Bonchev–Trinajstić information content (AvgIpc) is 2.93. The summed E-state index contributed by atoms with van der Waals surface area (Å²) in [4.78, 5) is 28.5. The summed E-state index contributed by atoms with van der Waals surface area (Å²) < 4.78 is 11.0. The highest BCUT2D eigenvalue weighted by Gasteiger charge is 2.51. The molecular formula is C20H28N2O5. The molecule has 2 bridgehead atoms. The first kappa shape index (κ1) is 19.5. The molecule has 2 aliphatic heterocycles. The van der Waals surface area contributed by atoms with Crippen molar-refractivity contribution in [3.05, 3.63) is 35.9 Å². The summed E-state index contributed by atoms with van der Waals surface area (Å²) in [7, 11) is 0. The first-order valence-electron chi connectivity index (χ1n) is 9.39. The van der Waals surface area contributed by atoms with E-state index < -0.39 is 23.8 Å². The quantitative estimate of drug-likeness (QED) is 0.877. The summed E-state index contributed by atoms with van der Waals surface area (Å²) in [6.45, 7) is 5.76. The van der Waals surface area contributed by atoms with E-state index >= 15 is 0 Å². The summed E-state index contributed by atoms with van der Waals surface area (Å²) in [5.41, 5.74) is 0.311. The van der Waals surface area contributed by atoms with Crippen molar-refractivity contribution in [1.82, 2.24) is 9.80 Å². The second-order valence-corrected chi connectivity index (χ2v) is 8.13. The van der Waals surface area contributed by atoms with Gasteiger partial charge in [-0.2, -0.15) is 0 Å². The molecule has 2 fully saturated rings. The number of piperazine rings is 1. The SMILES string of the molecule is CC(C)(C)OC(=O)N1C[C@@H]2CC[C@H]([C@H]1CO)N2C(=O)OCc1ccccc1. The molecule has 148 valence electrons. The molecule has 0 aromatic heterocycles. The monoisotopic (exact) mass is 376 g/mol. The van der Waals surface area contributed by atoms with Crippen LogP contribution in [0.5, 0.6) is 0 Å². The Morgan fingerprint density at radius 2 is 1.85 bits per heavy atom. The smallest absolute Gasteiger partial charge is 0.410 e. The Morgan fingerprint density at radius 3 is 2.48 bits per heavy atom. The fraction of sp³-hybridized carbons (Fsp3) is 0.600. The maximum absolute atomic E-state index is 12.7. The van der Waals surface area contributed by atoms with Crippen LogP contribution in [-0.2, 0) is 16.1 Å². The lowest BCUT2D eigenvalue weighted by atomic mass is 10.0. The van der Waals surface area contributed by atoms with E-state index in [2.05, 4.69) is 0 Å². The van der Waals surface area contributed by atoms with Gasteiger partial charge in [0, 0.05) is 6.54 Å². The number of nitrogens with zero attached hydrogens (tertiary/aromatic N) is 2. The van der Waals surface area contributed by atoms with Gasteiger partial charge in [0.2, 0.25) is 0 Å². The van der Waals surface area contributed by atoms with Crippen molar-refractivity contribution in [1.29, 1.82) is 0 Å². The molecule has 2 aliphatic rings. The van der Waals surface area contributed by atoms with E-state index in [1.807, 2.05) is 51.1 Å². The Morgan fingerprint density at radius 1 is 1.15 bits per heavy atom. The number of aliphatic hydroxyl groups is 1. The van der Waals surface area contributed by atoms with Crippen molar-refractivity contribution in [3.8, 4) is 0 Å². The number of ether oxygens (including phenoxy) is 2. The molecule has 1 N–H and O–H groups in total. The Hall–Kier alpha value is -2.28. The molecular weight excluding hydrogens is 348 g/mol. The third kappa shape index (κ3) is 4.35. The predicted molar refractivity (Wildman–Crippen MR) is 99.1 cm³/mol. The van der Waals surface area contributed by atoms with Crippen molar-refractivity contribution in [2.24, 2.45) is 0 Å². The van der Waals surface area contributed by atoms with Crippen molar-refractivity contribution in [2.45, 2.75) is 63.9 Å². The summed E-state index contributed by atoms with van der Waals surface area (Å²) in [6.07, 6.45) is 0.667. The summed E-state index contributed by atoms with van der Waals surface area (Å²) in [5.74, 6) is 0. The predicted octanol–water partition coefficient (Wildman–Crippen LogP) is 2.77. The first-order chi connectivity index (χ1) is 12.8. The minimum atomic E-state index is -0.609. The second-order valence-electron chi connectivity index (χ2n) is 8.13. The third-order valence-electron chi connectivity index (χ3n) is 5.03. The number of rotatable bonds is 3. The number of likely N-dealkylation sites (tertiary alicyclic amines) is 1. The van der Waals surface area contributed by atoms with Crippen LogP contribution in [0.4, 0.5) is 9.59 Å². The summed E-state index contributed by atoms with van der Waals surface area (Å²) >= 11 is 0. The van der Waals surface area contributed by atoms with Crippen LogP contribution in [0.1, 0.15) is 39.2 Å². The molecule has 0 saturated carbocycles. The van der Waals surface area contributed by atoms with Gasteiger partial charge in [-0.15, -0.1) is 0 Å². The van der Waals surface area contributed by atoms with Crippen molar-refractivity contribution >= 4 is 12.2 Å². The van der Waals surface area contributed by atoms with Gasteiger partial charge in [-0.1, -0.05) is 30.3 Å². The summed E-state index contributed by atoms with van der Waals surface area (Å²) in [6, 6.07) is 8.65. The lowest BCUT2D eigenvalue weighted by Crippen LogP contribution is -2.64. The average molecular weight is 376 g/mol. The molecule has 2 heterocycles. The second kappa shape index (κ2) is 7.76. The van der Waals surface area contributed by atoms with E-state index in [1.165, 1.54) is 0 Å². The highest BCUT2D eigenvalue weighted by Crippen LogP contribution is 2.35. The lowest BCUT2D eigenvalue weighted by Gasteiger charge is -2.45. The molecule has 7 nitrogen and oxygen atoms in total. The van der Waals surface area contributed by atoms with Gasteiger partial charge in [0.15, 0.2) is 0 Å². The number of hydrogen-bond donors (Lipinski definition) is 1. The zero-order valence-corrected chi connectivity index (χ0v) is 16.1. The van der Waals surface area contributed by atoms with Gasteiger partial charge in [0.05, 0.1) is 24.7 Å². The van der Waals surface area contributed by atoms with E-state index in [4.69, 9.17) is 9.47 Å². The fourth-order valence-corrected chi connectivity index (χ4v) is 3.87. The van der Waals surface area contributed by atoms with E-state index in [9.17, 15) is 14.7 Å². The number of amides is 2. The van der Waals surface area contributed by atoms with E-state index in [0.717, 1.165) is 18.4 Å². The Labute approximate surface area is 159 Å². The van der Waals surface area contributed by atoms with E-state index in [1.54, 1.807) is 9.80 Å². The van der Waals surface area contributed by atoms with Crippen molar-refractivity contribution in [2.75, 3.05) is 13.2 Å². The molecule has 0 radical (unpaired) electrons. The normalized spacial score (nSPS) is 24.7. The highest BCUT2D eigenvalue weighted by atomic mass is 16.6. The molecule has 3 atom stereocenters. The van der Waals surface area contributed by atoms with E-state index in [0.29, 0.717) is 6.54 Å². The maximum Gasteiger partial charge on any atom is 0.410 e. The number of aliphatic hydroxyl groups excluding tert-OH is 1. The number of carbonyl (C=O) groups is 2. The molecule has 27 heavy (non-hydrogen) atoms. The molecule has 2 amide bonds. The number of fused-ring (bicyclic) bond motifs is 2. The Kier molecular flexibility index (Phi) is 5.60. The molecule has 0 unspecified atom stereocenters. The van der Waals surface area contributed by atoms with Crippen LogP contribution < -0.4 is 0 Å². The van der Waals surface area contributed by atoms with Gasteiger partial charge in [0.1, 0.15) is 12.2 Å². The van der Waals surface area contributed by atoms with Gasteiger partial charge in [-0.05, 0) is 39.2 Å². The van der Waals surface area contributed by atoms with Gasteiger partial charge in [-0.3, -0.25) is 9.80 Å². The maximum atomic E-state index is 12.7. The Balaban J connectivity index is 1.68. The van der Waals surface area contributed by atoms with Crippen LogP contribution in [0.2, 0.25) is 0 Å². The van der Waals surface area contributed by atoms with Gasteiger partial charge >= 0.3 is 12.2 Å². The van der Waals surface area contributed by atoms with Crippen LogP contribution in [-0.4, -0.2) is 64.0 Å². The Bertz CT molecular complexity index is 673. The van der Waals surface area contributed by atoms with Crippen LogP contribution in [0, 0.1) is 0 Å². The zero-order valence-electron chi connectivity index (χ0n) is 16.1. The molecule has 0 spiro atoms. The topological polar surface area (TPSA) is 79.3 Å². The molecule has 2 saturated heterocycles. The summed E-state index contributed by atoms with van der Waals surface area (Å²) in [5, 5.41) is 9.91. The lowest BCUT2D eigenvalue weighted by molar-refractivity contribution is -0.0338. The zero-order chi connectivity index (χ0) is 19.6. The minimum Gasteiger partial charge on any atom is -0.445 e. The van der Waals surface area contributed by atoms with Gasteiger partial charge in [0.25, 0.3) is 0 Å². The third-order valence-corrected chi connectivity index (χ3v) is 5.03. The number of carbonyl (C=O) groups excluding carboxylic acids is 2. The van der Waals surface area contributed by atoms with E-state index in [-0.39, 0.29) is 25.3 Å². The molecule has 3 rings (SSSR count).